The van der Waals surface area contributed by atoms with Gasteiger partial charge in [0, 0.05) is 16.5 Å². The van der Waals surface area contributed by atoms with Crippen LogP contribution in [-0.4, -0.2) is 17.8 Å². The Morgan fingerprint density at radius 3 is 2.44 bits per heavy atom. The number of phenolic OH excluding ortho intramolecular Hbond substituents is 1. The summed E-state index contributed by atoms with van der Waals surface area (Å²) in [4.78, 5) is 0. The molecule has 0 spiro atoms. The first-order valence-corrected chi connectivity index (χ1v) is 5.57. The van der Waals surface area contributed by atoms with Crippen molar-refractivity contribution in [3.8, 4) is 11.5 Å². The number of benzene rings is 1. The fraction of sp³-hybridized carbons (Fsp3) is 0.538. The van der Waals surface area contributed by atoms with Gasteiger partial charge in [-0.25, -0.2) is 0 Å². The second-order valence-corrected chi connectivity index (χ2v) is 5.19. The summed E-state index contributed by atoms with van der Waals surface area (Å²) in [6.07, 6.45) is 2.05. The Labute approximate surface area is 96.2 Å². The van der Waals surface area contributed by atoms with E-state index in [9.17, 15) is 5.11 Å². The van der Waals surface area contributed by atoms with Gasteiger partial charge in [-0.2, -0.15) is 0 Å². The number of ether oxygens (including phenoxy) is 1. The topological polar surface area (TPSA) is 55.5 Å². The maximum Gasteiger partial charge on any atom is 0.119 e. The second kappa shape index (κ2) is 3.39. The van der Waals surface area contributed by atoms with Crippen molar-refractivity contribution in [2.75, 3.05) is 7.11 Å². The fourth-order valence-corrected chi connectivity index (χ4v) is 2.41. The minimum absolute atomic E-state index is 0.0916. The van der Waals surface area contributed by atoms with Crippen molar-refractivity contribution >= 4 is 0 Å². The molecule has 1 aromatic carbocycles. The van der Waals surface area contributed by atoms with Gasteiger partial charge in [-0.05, 0) is 44.9 Å². The lowest BCUT2D eigenvalue weighted by Crippen LogP contribution is -2.45. The summed E-state index contributed by atoms with van der Waals surface area (Å²) in [5.41, 5.74) is 6.72. The second-order valence-electron chi connectivity index (χ2n) is 5.19. The molecule has 16 heavy (non-hydrogen) atoms. The third kappa shape index (κ3) is 1.55. The zero-order chi connectivity index (χ0) is 12.0. The predicted octanol–water partition coefficient (Wildman–Crippen LogP) is 2.17. The zero-order valence-electron chi connectivity index (χ0n) is 10.1. The standard InChI is InChI=1S/C13H19NO2/c1-12(2,14)13(6-7-13)10-8-9(16-3)4-5-11(10)15/h4-5,8,15H,6-7,14H2,1-3H3. The molecular formula is C13H19NO2. The van der Waals surface area contributed by atoms with Crippen LogP contribution in [0.15, 0.2) is 18.2 Å². The minimum Gasteiger partial charge on any atom is -0.508 e. The Kier molecular flexibility index (Phi) is 2.39. The van der Waals surface area contributed by atoms with Crippen LogP contribution in [0.25, 0.3) is 0 Å². The Morgan fingerprint density at radius 1 is 1.38 bits per heavy atom. The van der Waals surface area contributed by atoms with Gasteiger partial charge in [0.1, 0.15) is 11.5 Å². The van der Waals surface area contributed by atoms with Crippen LogP contribution in [0.3, 0.4) is 0 Å². The van der Waals surface area contributed by atoms with Gasteiger partial charge in [0.25, 0.3) is 0 Å². The Hall–Kier alpha value is -1.22. The van der Waals surface area contributed by atoms with Crippen LogP contribution in [0, 0.1) is 0 Å². The van der Waals surface area contributed by atoms with Gasteiger partial charge in [-0.3, -0.25) is 0 Å². The first-order valence-electron chi connectivity index (χ1n) is 5.57. The van der Waals surface area contributed by atoms with Crippen LogP contribution >= 0.6 is 0 Å². The van der Waals surface area contributed by atoms with Crippen LogP contribution in [0.2, 0.25) is 0 Å². The maximum atomic E-state index is 9.96. The number of methoxy groups -OCH3 is 1. The highest BCUT2D eigenvalue weighted by molar-refractivity contribution is 5.49. The van der Waals surface area contributed by atoms with E-state index < -0.39 is 0 Å². The molecule has 0 saturated heterocycles. The van der Waals surface area contributed by atoms with Gasteiger partial charge in [0.15, 0.2) is 0 Å². The van der Waals surface area contributed by atoms with Gasteiger partial charge in [0.05, 0.1) is 7.11 Å². The number of aromatic hydroxyl groups is 1. The number of phenols is 1. The summed E-state index contributed by atoms with van der Waals surface area (Å²) in [5, 5.41) is 9.96. The zero-order valence-corrected chi connectivity index (χ0v) is 10.1. The largest absolute Gasteiger partial charge is 0.508 e. The van der Waals surface area contributed by atoms with Gasteiger partial charge in [-0.1, -0.05) is 0 Å². The molecule has 0 heterocycles. The lowest BCUT2D eigenvalue weighted by molar-refractivity contribution is 0.366. The quantitative estimate of drug-likeness (QED) is 0.822. The third-order valence-electron chi connectivity index (χ3n) is 3.70. The van der Waals surface area contributed by atoms with Crippen molar-refractivity contribution in [3.05, 3.63) is 23.8 Å². The van der Waals surface area contributed by atoms with E-state index in [2.05, 4.69) is 0 Å². The highest BCUT2D eigenvalue weighted by Crippen LogP contribution is 2.57. The first-order chi connectivity index (χ1) is 7.40. The van der Waals surface area contributed by atoms with E-state index in [1.165, 1.54) is 0 Å². The van der Waals surface area contributed by atoms with E-state index >= 15 is 0 Å². The number of hydrogen-bond acceptors (Lipinski definition) is 3. The summed E-state index contributed by atoms with van der Waals surface area (Å²) in [5.74, 6) is 1.08. The van der Waals surface area contributed by atoms with Gasteiger partial charge >= 0.3 is 0 Å². The molecule has 2 rings (SSSR count). The molecule has 0 unspecified atom stereocenters. The van der Waals surface area contributed by atoms with Crippen LogP contribution in [0.5, 0.6) is 11.5 Å². The molecule has 1 aliphatic carbocycles. The van der Waals surface area contributed by atoms with Crippen molar-refractivity contribution in [1.29, 1.82) is 0 Å². The summed E-state index contributed by atoms with van der Waals surface area (Å²) < 4.78 is 5.19. The molecule has 1 aliphatic rings. The van der Waals surface area contributed by atoms with Crippen molar-refractivity contribution in [2.24, 2.45) is 5.73 Å². The SMILES string of the molecule is COc1ccc(O)c(C2(C(C)(C)N)CC2)c1. The summed E-state index contributed by atoms with van der Waals surface area (Å²) in [6, 6.07) is 5.34. The highest BCUT2D eigenvalue weighted by atomic mass is 16.5. The Bertz CT molecular complexity index is 403. The van der Waals surface area contributed by atoms with Crippen molar-refractivity contribution in [3.63, 3.8) is 0 Å². The lowest BCUT2D eigenvalue weighted by atomic mass is 9.79. The summed E-state index contributed by atoms with van der Waals surface area (Å²) in [6.45, 7) is 4.03. The number of hydrogen-bond donors (Lipinski definition) is 2. The molecule has 1 saturated carbocycles. The molecule has 0 bridgehead atoms. The molecule has 0 atom stereocenters. The fourth-order valence-electron chi connectivity index (χ4n) is 2.41. The average molecular weight is 221 g/mol. The molecular weight excluding hydrogens is 202 g/mol. The van der Waals surface area contributed by atoms with Crippen LogP contribution in [0.4, 0.5) is 0 Å². The van der Waals surface area contributed by atoms with Crippen molar-refractivity contribution in [2.45, 2.75) is 37.6 Å². The van der Waals surface area contributed by atoms with Crippen LogP contribution in [0.1, 0.15) is 32.3 Å². The monoisotopic (exact) mass is 221 g/mol. The molecule has 3 N–H and O–H groups in total. The third-order valence-corrected chi connectivity index (χ3v) is 3.70. The average Bonchev–Trinajstić information content (AvgIpc) is 2.98. The van der Waals surface area contributed by atoms with E-state index in [-0.39, 0.29) is 11.0 Å². The Balaban J connectivity index is 2.48. The van der Waals surface area contributed by atoms with E-state index in [4.69, 9.17) is 10.5 Å². The first kappa shape index (κ1) is 11.3. The molecule has 0 aromatic heterocycles. The Morgan fingerprint density at radius 2 is 2.00 bits per heavy atom. The summed E-state index contributed by atoms with van der Waals surface area (Å²) >= 11 is 0. The molecule has 0 aliphatic heterocycles. The highest BCUT2D eigenvalue weighted by Gasteiger charge is 2.55. The van der Waals surface area contributed by atoms with E-state index in [1.807, 2.05) is 19.9 Å². The lowest BCUT2D eigenvalue weighted by Gasteiger charge is -2.31. The normalized spacial score (nSPS) is 18.2. The number of nitrogens with two attached hydrogens (primary N) is 1. The number of rotatable bonds is 3. The van der Waals surface area contributed by atoms with Crippen LogP contribution < -0.4 is 10.5 Å². The molecule has 1 aromatic rings. The molecule has 3 heteroatoms. The molecule has 0 amide bonds. The van der Waals surface area contributed by atoms with Gasteiger partial charge in [0.2, 0.25) is 0 Å². The van der Waals surface area contributed by atoms with E-state index in [0.29, 0.717) is 5.75 Å². The smallest absolute Gasteiger partial charge is 0.119 e. The molecule has 3 nitrogen and oxygen atoms in total. The molecule has 1 fully saturated rings. The van der Waals surface area contributed by atoms with E-state index in [1.54, 1.807) is 19.2 Å². The van der Waals surface area contributed by atoms with Gasteiger partial charge < -0.3 is 15.6 Å². The van der Waals surface area contributed by atoms with Gasteiger partial charge in [-0.15, -0.1) is 0 Å². The maximum absolute atomic E-state index is 9.96. The van der Waals surface area contributed by atoms with Crippen LogP contribution in [-0.2, 0) is 5.41 Å². The van der Waals surface area contributed by atoms with Crippen molar-refractivity contribution in [1.82, 2.24) is 0 Å². The minimum atomic E-state index is -0.323. The molecule has 88 valence electrons. The van der Waals surface area contributed by atoms with E-state index in [0.717, 1.165) is 24.2 Å². The van der Waals surface area contributed by atoms with Crippen molar-refractivity contribution < 1.29 is 9.84 Å². The summed E-state index contributed by atoms with van der Waals surface area (Å²) in [7, 11) is 1.63. The molecule has 0 radical (unpaired) electrons. The predicted molar refractivity (Wildman–Crippen MR) is 63.8 cm³/mol.